The third-order valence-electron chi connectivity index (χ3n) is 1.58. The Morgan fingerprint density at radius 2 is 1.88 bits per heavy atom. The van der Waals surface area contributed by atoms with Crippen LogP contribution in [-0.2, 0) is 4.84 Å². The molecule has 0 heterocycles. The van der Waals surface area contributed by atoms with Gasteiger partial charge in [0, 0.05) is 5.56 Å². The van der Waals surface area contributed by atoms with Crippen LogP contribution in [0, 0.1) is 11.6 Å². The van der Waals surface area contributed by atoms with Crippen molar-refractivity contribution in [2.24, 2.45) is 0 Å². The molecule has 94 valence electrons. The highest BCUT2D eigenvalue weighted by Crippen LogP contribution is 2.14. The van der Waals surface area contributed by atoms with Crippen LogP contribution in [0.5, 0.6) is 0 Å². The molecule has 1 aromatic rings. The molecule has 8 heteroatoms. The molecule has 0 radical (unpaired) electrons. The van der Waals surface area contributed by atoms with Gasteiger partial charge < -0.3 is 0 Å². The van der Waals surface area contributed by atoms with Crippen LogP contribution in [0.1, 0.15) is 10.4 Å². The normalized spacial score (nSPS) is 11.4. The van der Waals surface area contributed by atoms with Gasteiger partial charge in [-0.15, -0.1) is 0 Å². The van der Waals surface area contributed by atoms with Crippen LogP contribution in [0.4, 0.5) is 22.0 Å². The molecular formula is C9H6F5NO2. The minimum absolute atomic E-state index is 0.355. The van der Waals surface area contributed by atoms with Crippen molar-refractivity contribution < 1.29 is 31.6 Å². The summed E-state index contributed by atoms with van der Waals surface area (Å²) in [6, 6.07) is 2.13. The molecule has 0 saturated carbocycles. The van der Waals surface area contributed by atoms with Crippen molar-refractivity contribution in [2.75, 3.05) is 6.61 Å². The van der Waals surface area contributed by atoms with Crippen LogP contribution in [0.15, 0.2) is 18.2 Å². The third-order valence-corrected chi connectivity index (χ3v) is 1.58. The Labute approximate surface area is 92.1 Å². The van der Waals surface area contributed by atoms with Crippen LogP contribution in [0.3, 0.4) is 0 Å². The van der Waals surface area contributed by atoms with E-state index in [0.29, 0.717) is 12.1 Å². The van der Waals surface area contributed by atoms with E-state index in [0.717, 1.165) is 6.07 Å². The first kappa shape index (κ1) is 13.4. The molecule has 0 aliphatic carbocycles. The third kappa shape index (κ3) is 4.35. The van der Waals surface area contributed by atoms with Crippen molar-refractivity contribution in [3.05, 3.63) is 35.4 Å². The van der Waals surface area contributed by atoms with E-state index in [2.05, 4.69) is 4.84 Å². The molecule has 0 spiro atoms. The summed E-state index contributed by atoms with van der Waals surface area (Å²) in [5.74, 6) is -3.56. The van der Waals surface area contributed by atoms with Crippen molar-refractivity contribution >= 4 is 5.91 Å². The first-order valence-corrected chi connectivity index (χ1v) is 4.23. The topological polar surface area (TPSA) is 38.3 Å². The highest BCUT2D eigenvalue weighted by atomic mass is 19.4. The Hall–Kier alpha value is -1.70. The number of benzene rings is 1. The molecule has 0 aliphatic rings. The lowest BCUT2D eigenvalue weighted by Gasteiger charge is -2.08. The minimum atomic E-state index is -4.60. The fourth-order valence-corrected chi connectivity index (χ4v) is 0.880. The molecule has 0 fully saturated rings. The molecule has 0 aliphatic heterocycles. The predicted octanol–water partition coefficient (Wildman–Crippen LogP) is 2.19. The summed E-state index contributed by atoms with van der Waals surface area (Å²) in [5.41, 5.74) is 1.10. The molecule has 1 aromatic carbocycles. The smallest absolute Gasteiger partial charge is 0.267 e. The summed E-state index contributed by atoms with van der Waals surface area (Å²) in [5, 5.41) is 0. The van der Waals surface area contributed by atoms with Crippen molar-refractivity contribution in [2.45, 2.75) is 6.18 Å². The lowest BCUT2D eigenvalue weighted by atomic mass is 10.2. The molecule has 17 heavy (non-hydrogen) atoms. The molecule has 1 amide bonds. The van der Waals surface area contributed by atoms with E-state index in [9.17, 15) is 26.7 Å². The van der Waals surface area contributed by atoms with Gasteiger partial charge in [0.25, 0.3) is 5.91 Å². The summed E-state index contributed by atoms with van der Waals surface area (Å²) < 4.78 is 60.1. The Balaban J connectivity index is 2.56. The van der Waals surface area contributed by atoms with Gasteiger partial charge in [0.2, 0.25) is 0 Å². The van der Waals surface area contributed by atoms with Crippen molar-refractivity contribution in [3.8, 4) is 0 Å². The zero-order valence-corrected chi connectivity index (χ0v) is 8.15. The van der Waals surface area contributed by atoms with Gasteiger partial charge >= 0.3 is 6.18 Å². The van der Waals surface area contributed by atoms with Crippen molar-refractivity contribution in [1.82, 2.24) is 5.48 Å². The van der Waals surface area contributed by atoms with E-state index in [-0.39, 0.29) is 5.56 Å². The van der Waals surface area contributed by atoms with Gasteiger partial charge in [-0.1, -0.05) is 0 Å². The molecule has 1 N–H and O–H groups in total. The van der Waals surface area contributed by atoms with Crippen molar-refractivity contribution in [1.29, 1.82) is 0 Å². The highest BCUT2D eigenvalue weighted by molar-refractivity contribution is 5.93. The van der Waals surface area contributed by atoms with Crippen molar-refractivity contribution in [3.63, 3.8) is 0 Å². The molecule has 0 aromatic heterocycles. The number of nitrogens with one attached hydrogen (secondary N) is 1. The fraction of sp³-hybridized carbons (Fsp3) is 0.222. The standard InChI is InChI=1S/C9H6F5NO2/c10-6-2-1-5(3-7(6)11)8(16)15-17-4-9(12,13)14/h1-3H,4H2,(H,15,16). The lowest BCUT2D eigenvalue weighted by molar-refractivity contribution is -0.184. The number of hydrogen-bond donors (Lipinski definition) is 1. The second kappa shape index (κ2) is 5.09. The summed E-state index contributed by atoms with van der Waals surface area (Å²) in [6.45, 7) is -1.68. The monoisotopic (exact) mass is 255 g/mol. The fourth-order valence-electron chi connectivity index (χ4n) is 0.880. The van der Waals surface area contributed by atoms with E-state index in [4.69, 9.17) is 0 Å². The summed E-state index contributed by atoms with van der Waals surface area (Å²) in [7, 11) is 0. The zero-order chi connectivity index (χ0) is 13.1. The van der Waals surface area contributed by atoms with Gasteiger partial charge in [-0.3, -0.25) is 9.63 Å². The number of carbonyl (C=O) groups excluding carboxylic acids is 1. The number of amides is 1. The van der Waals surface area contributed by atoms with E-state index >= 15 is 0 Å². The Bertz CT molecular complexity index is 418. The number of halogens is 5. The molecule has 1 rings (SSSR count). The molecule has 0 unspecified atom stereocenters. The molecular weight excluding hydrogens is 249 g/mol. The van der Waals surface area contributed by atoms with E-state index < -0.39 is 30.3 Å². The van der Waals surface area contributed by atoms with E-state index in [1.54, 1.807) is 0 Å². The minimum Gasteiger partial charge on any atom is -0.267 e. The number of rotatable bonds is 3. The average Bonchev–Trinajstić information content (AvgIpc) is 2.20. The summed E-state index contributed by atoms with van der Waals surface area (Å²) in [4.78, 5) is 14.9. The predicted molar refractivity (Wildman–Crippen MR) is 45.8 cm³/mol. The maximum absolute atomic E-state index is 12.7. The maximum atomic E-state index is 12.7. The van der Waals surface area contributed by atoms with Gasteiger partial charge in [-0.25, -0.2) is 14.3 Å². The SMILES string of the molecule is O=C(NOCC(F)(F)F)c1ccc(F)c(F)c1. The van der Waals surface area contributed by atoms with Crippen LogP contribution in [-0.4, -0.2) is 18.7 Å². The number of hydrogen-bond acceptors (Lipinski definition) is 2. The van der Waals surface area contributed by atoms with Gasteiger partial charge in [0.05, 0.1) is 0 Å². The van der Waals surface area contributed by atoms with Crippen LogP contribution in [0.25, 0.3) is 0 Å². The zero-order valence-electron chi connectivity index (χ0n) is 8.15. The Morgan fingerprint density at radius 1 is 1.24 bits per heavy atom. The first-order valence-electron chi connectivity index (χ1n) is 4.23. The quantitative estimate of drug-likeness (QED) is 0.664. The number of hydroxylamine groups is 1. The lowest BCUT2D eigenvalue weighted by Crippen LogP contribution is -2.29. The highest BCUT2D eigenvalue weighted by Gasteiger charge is 2.28. The molecule has 0 saturated heterocycles. The Kier molecular flexibility index (Phi) is 4.00. The molecule has 0 bridgehead atoms. The van der Waals surface area contributed by atoms with Gasteiger partial charge in [-0.2, -0.15) is 13.2 Å². The number of carbonyl (C=O) groups is 1. The average molecular weight is 255 g/mol. The second-order valence-corrected chi connectivity index (χ2v) is 2.96. The van der Waals surface area contributed by atoms with Crippen LogP contribution < -0.4 is 5.48 Å². The van der Waals surface area contributed by atoms with Gasteiger partial charge in [0.1, 0.15) is 0 Å². The van der Waals surface area contributed by atoms with Crippen LogP contribution in [0.2, 0.25) is 0 Å². The first-order chi connectivity index (χ1) is 7.79. The van der Waals surface area contributed by atoms with Crippen LogP contribution >= 0.6 is 0 Å². The number of alkyl halides is 3. The summed E-state index contributed by atoms with van der Waals surface area (Å²) in [6.07, 6.45) is -4.60. The maximum Gasteiger partial charge on any atom is 0.414 e. The summed E-state index contributed by atoms with van der Waals surface area (Å²) >= 11 is 0. The van der Waals surface area contributed by atoms with Gasteiger partial charge in [-0.05, 0) is 18.2 Å². The van der Waals surface area contributed by atoms with E-state index in [1.807, 2.05) is 0 Å². The van der Waals surface area contributed by atoms with Gasteiger partial charge in [0.15, 0.2) is 18.2 Å². The second-order valence-electron chi connectivity index (χ2n) is 2.96. The Morgan fingerprint density at radius 3 is 2.41 bits per heavy atom. The molecule has 3 nitrogen and oxygen atoms in total. The largest absolute Gasteiger partial charge is 0.414 e. The van der Waals surface area contributed by atoms with E-state index in [1.165, 1.54) is 5.48 Å². The molecule has 0 atom stereocenters.